The van der Waals surface area contributed by atoms with Crippen LogP contribution in [-0.2, 0) is 10.0 Å². The summed E-state index contributed by atoms with van der Waals surface area (Å²) in [5.41, 5.74) is -0.413. The summed E-state index contributed by atoms with van der Waals surface area (Å²) in [6.07, 6.45) is 0. The molecule has 0 saturated carbocycles. The molecule has 100 valence electrons. The van der Waals surface area contributed by atoms with Crippen LogP contribution in [-0.4, -0.2) is 37.4 Å². The molecule has 18 heavy (non-hydrogen) atoms. The molecular weight excluding hydrogens is 301 g/mol. The Morgan fingerprint density at radius 3 is 2.39 bits per heavy atom. The molecule has 5 nitrogen and oxygen atoms in total. The van der Waals surface area contributed by atoms with Crippen molar-refractivity contribution in [3.05, 3.63) is 27.7 Å². The number of carboxylic acids is 1. The van der Waals surface area contributed by atoms with Crippen LogP contribution < -0.4 is 0 Å². The molecule has 1 rings (SSSR count). The number of aromatic carboxylic acids is 1. The van der Waals surface area contributed by atoms with E-state index in [0.29, 0.717) is 0 Å². The molecule has 0 bridgehead atoms. The number of sulfonamides is 1. The minimum atomic E-state index is -3.81. The molecule has 0 spiro atoms. The normalized spacial score (nSPS) is 11.8. The van der Waals surface area contributed by atoms with Gasteiger partial charge in [-0.25, -0.2) is 17.5 Å². The van der Waals surface area contributed by atoms with Gasteiger partial charge in [0.2, 0.25) is 10.0 Å². The van der Waals surface area contributed by atoms with E-state index in [1.54, 1.807) is 6.92 Å². The van der Waals surface area contributed by atoms with Crippen LogP contribution in [0.3, 0.4) is 0 Å². The summed E-state index contributed by atoms with van der Waals surface area (Å²) >= 11 is 11.5. The molecule has 1 aromatic carbocycles. The second-order valence-electron chi connectivity index (χ2n) is 3.46. The van der Waals surface area contributed by atoms with Crippen LogP contribution in [0.1, 0.15) is 17.3 Å². The van der Waals surface area contributed by atoms with E-state index in [9.17, 15) is 13.2 Å². The van der Waals surface area contributed by atoms with Crippen molar-refractivity contribution in [3.8, 4) is 0 Å². The highest BCUT2D eigenvalue weighted by Crippen LogP contribution is 2.32. The van der Waals surface area contributed by atoms with Gasteiger partial charge in [0.15, 0.2) is 0 Å². The lowest BCUT2D eigenvalue weighted by atomic mass is 10.2. The van der Waals surface area contributed by atoms with Gasteiger partial charge in [-0.3, -0.25) is 0 Å². The Hall–Kier alpha value is -0.820. The predicted molar refractivity (Wildman–Crippen MR) is 68.9 cm³/mol. The second kappa shape index (κ2) is 5.44. The van der Waals surface area contributed by atoms with E-state index in [1.165, 1.54) is 19.2 Å². The minimum absolute atomic E-state index is 0.106. The SMILES string of the molecule is CCN(C)S(=O)(=O)c1ccc(Cl)c(C(=O)O)c1Cl. The van der Waals surface area contributed by atoms with Crippen molar-refractivity contribution in [1.29, 1.82) is 0 Å². The van der Waals surface area contributed by atoms with Gasteiger partial charge < -0.3 is 5.11 Å². The summed E-state index contributed by atoms with van der Waals surface area (Å²) < 4.78 is 25.2. The van der Waals surface area contributed by atoms with E-state index in [2.05, 4.69) is 0 Å². The molecule has 0 saturated heterocycles. The molecule has 0 heterocycles. The van der Waals surface area contributed by atoms with Crippen molar-refractivity contribution in [1.82, 2.24) is 4.31 Å². The largest absolute Gasteiger partial charge is 0.478 e. The first kappa shape index (κ1) is 15.2. The van der Waals surface area contributed by atoms with E-state index in [0.717, 1.165) is 4.31 Å². The van der Waals surface area contributed by atoms with Gasteiger partial charge >= 0.3 is 5.97 Å². The minimum Gasteiger partial charge on any atom is -0.478 e. The zero-order valence-electron chi connectivity index (χ0n) is 9.65. The third kappa shape index (κ3) is 2.61. The molecule has 8 heteroatoms. The van der Waals surface area contributed by atoms with Gasteiger partial charge in [0, 0.05) is 13.6 Å². The highest BCUT2D eigenvalue weighted by molar-refractivity contribution is 7.89. The average Bonchev–Trinajstić information content (AvgIpc) is 2.26. The zero-order chi connectivity index (χ0) is 14.1. The van der Waals surface area contributed by atoms with Crippen molar-refractivity contribution in [2.45, 2.75) is 11.8 Å². The zero-order valence-corrected chi connectivity index (χ0v) is 12.0. The number of halogens is 2. The predicted octanol–water partition coefficient (Wildman–Crippen LogP) is 2.33. The molecule has 1 aromatic rings. The smallest absolute Gasteiger partial charge is 0.338 e. The molecule has 0 aliphatic heterocycles. The molecule has 0 unspecified atom stereocenters. The van der Waals surface area contributed by atoms with Crippen molar-refractivity contribution in [3.63, 3.8) is 0 Å². The van der Waals surface area contributed by atoms with Crippen LogP contribution in [0.5, 0.6) is 0 Å². The van der Waals surface area contributed by atoms with Crippen LogP contribution in [0.2, 0.25) is 10.0 Å². The number of carboxylic acid groups (broad SMARTS) is 1. The van der Waals surface area contributed by atoms with Crippen molar-refractivity contribution >= 4 is 39.2 Å². The number of carbonyl (C=O) groups is 1. The fourth-order valence-corrected chi connectivity index (χ4v) is 3.34. The first-order chi connectivity index (χ1) is 8.23. The Morgan fingerprint density at radius 2 is 1.94 bits per heavy atom. The molecule has 0 aromatic heterocycles. The van der Waals surface area contributed by atoms with Crippen molar-refractivity contribution in [2.24, 2.45) is 0 Å². The summed E-state index contributed by atoms with van der Waals surface area (Å²) in [5.74, 6) is -1.37. The highest BCUT2D eigenvalue weighted by Gasteiger charge is 2.27. The van der Waals surface area contributed by atoms with Gasteiger partial charge in [-0.05, 0) is 12.1 Å². The van der Waals surface area contributed by atoms with E-state index in [1.807, 2.05) is 0 Å². The van der Waals surface area contributed by atoms with Crippen LogP contribution >= 0.6 is 23.2 Å². The first-order valence-electron chi connectivity index (χ1n) is 4.91. The fraction of sp³-hybridized carbons (Fsp3) is 0.300. The average molecular weight is 312 g/mol. The Bertz CT molecular complexity index is 586. The van der Waals surface area contributed by atoms with Gasteiger partial charge in [0.1, 0.15) is 4.90 Å². The van der Waals surface area contributed by atoms with Gasteiger partial charge in [-0.2, -0.15) is 0 Å². The van der Waals surface area contributed by atoms with E-state index in [4.69, 9.17) is 28.3 Å². The lowest BCUT2D eigenvalue weighted by Crippen LogP contribution is -2.27. The van der Waals surface area contributed by atoms with Gasteiger partial charge in [0.05, 0.1) is 15.6 Å². The highest BCUT2D eigenvalue weighted by atomic mass is 35.5. The maximum atomic E-state index is 12.1. The van der Waals surface area contributed by atoms with Gasteiger partial charge in [-0.15, -0.1) is 0 Å². The number of hydrogen-bond donors (Lipinski definition) is 1. The maximum Gasteiger partial charge on any atom is 0.338 e. The molecule has 1 N–H and O–H groups in total. The fourth-order valence-electron chi connectivity index (χ4n) is 1.27. The number of benzene rings is 1. The number of hydrogen-bond acceptors (Lipinski definition) is 3. The third-order valence-corrected chi connectivity index (χ3v) is 5.20. The lowest BCUT2D eigenvalue weighted by Gasteiger charge is -2.16. The molecule has 0 amide bonds. The monoisotopic (exact) mass is 311 g/mol. The Kier molecular flexibility index (Phi) is 4.61. The molecule has 0 atom stereocenters. The van der Waals surface area contributed by atoms with Crippen molar-refractivity contribution in [2.75, 3.05) is 13.6 Å². The topological polar surface area (TPSA) is 74.7 Å². The summed E-state index contributed by atoms with van der Waals surface area (Å²) in [6, 6.07) is 2.39. The van der Waals surface area contributed by atoms with E-state index >= 15 is 0 Å². The lowest BCUT2D eigenvalue weighted by molar-refractivity contribution is 0.0697. The molecule has 0 radical (unpaired) electrons. The van der Waals surface area contributed by atoms with Crippen LogP contribution in [0.25, 0.3) is 0 Å². The molecular formula is C10H11Cl2NO4S. The molecule has 0 fully saturated rings. The van der Waals surface area contributed by atoms with Crippen LogP contribution in [0.15, 0.2) is 17.0 Å². The second-order valence-corrected chi connectivity index (χ2v) is 6.26. The standard InChI is InChI=1S/C10H11Cl2NO4S/c1-3-13(2)18(16,17)7-5-4-6(11)8(9(7)12)10(14)15/h4-5H,3H2,1-2H3,(H,14,15). The Balaban J connectivity index is 3.55. The van der Waals surface area contributed by atoms with Crippen molar-refractivity contribution < 1.29 is 18.3 Å². The Labute approximate surface area is 115 Å². The summed E-state index contributed by atoms with van der Waals surface area (Å²) in [5, 5.41) is 8.47. The van der Waals surface area contributed by atoms with E-state index in [-0.39, 0.29) is 21.5 Å². The summed E-state index contributed by atoms with van der Waals surface area (Å²) in [7, 11) is -2.44. The van der Waals surface area contributed by atoms with Crippen LogP contribution in [0, 0.1) is 0 Å². The molecule has 0 aliphatic carbocycles. The first-order valence-corrected chi connectivity index (χ1v) is 7.10. The Morgan fingerprint density at radius 1 is 1.39 bits per heavy atom. The van der Waals surface area contributed by atoms with E-state index < -0.39 is 21.6 Å². The summed E-state index contributed by atoms with van der Waals surface area (Å²) in [4.78, 5) is 10.7. The quantitative estimate of drug-likeness (QED) is 0.926. The van der Waals surface area contributed by atoms with Gasteiger partial charge in [-0.1, -0.05) is 30.1 Å². The van der Waals surface area contributed by atoms with Crippen LogP contribution in [0.4, 0.5) is 0 Å². The molecule has 0 aliphatic rings. The number of nitrogens with zero attached hydrogens (tertiary/aromatic N) is 1. The summed E-state index contributed by atoms with van der Waals surface area (Å²) in [6.45, 7) is 1.89. The number of rotatable bonds is 4. The maximum absolute atomic E-state index is 12.1. The van der Waals surface area contributed by atoms with Gasteiger partial charge in [0.25, 0.3) is 0 Å². The third-order valence-electron chi connectivity index (χ3n) is 2.40.